The van der Waals surface area contributed by atoms with E-state index in [9.17, 15) is 19.8 Å². The van der Waals surface area contributed by atoms with Gasteiger partial charge in [-0.1, -0.05) is 6.07 Å². The van der Waals surface area contributed by atoms with Gasteiger partial charge in [-0.05, 0) is 81.0 Å². The van der Waals surface area contributed by atoms with Crippen molar-refractivity contribution >= 4 is 17.6 Å². The molecule has 2 aromatic carbocycles. The second-order valence-electron chi connectivity index (χ2n) is 9.52. The summed E-state index contributed by atoms with van der Waals surface area (Å²) >= 11 is 0. The molecule has 0 bridgehead atoms. The predicted molar refractivity (Wildman–Crippen MR) is 136 cm³/mol. The lowest BCUT2D eigenvalue weighted by molar-refractivity contribution is 0.0687. The van der Waals surface area contributed by atoms with Crippen LogP contribution in [0.15, 0.2) is 48.7 Å². The van der Waals surface area contributed by atoms with Crippen LogP contribution in [0.1, 0.15) is 44.9 Å². The molecule has 2 heterocycles. The van der Waals surface area contributed by atoms with Gasteiger partial charge in [0.15, 0.2) is 0 Å². The molecule has 1 aliphatic heterocycles. The fourth-order valence-corrected chi connectivity index (χ4v) is 4.47. The van der Waals surface area contributed by atoms with Gasteiger partial charge in [0.2, 0.25) is 0 Å². The van der Waals surface area contributed by atoms with Crippen LogP contribution in [0.5, 0.6) is 5.75 Å². The molecule has 1 fully saturated rings. The third-order valence-corrected chi connectivity index (χ3v) is 6.80. The summed E-state index contributed by atoms with van der Waals surface area (Å²) in [5.74, 6) is -1.24. The lowest BCUT2D eigenvalue weighted by Gasteiger charge is -2.44. The average molecular weight is 477 g/mol. The summed E-state index contributed by atoms with van der Waals surface area (Å²) in [6, 6.07) is 12.7. The molecule has 3 aromatic rings. The summed E-state index contributed by atoms with van der Waals surface area (Å²) in [5.41, 5.74) is 4.41. The molecule has 0 saturated carbocycles. The zero-order valence-corrected chi connectivity index (χ0v) is 20.7. The summed E-state index contributed by atoms with van der Waals surface area (Å²) in [4.78, 5) is 29.4. The van der Waals surface area contributed by atoms with Crippen LogP contribution in [0.4, 0.5) is 5.69 Å². The molecule has 3 N–H and O–H groups in total. The SMILES string of the molecule is Cc1ccc(N2CC(N(C)C)C2)cc1C(=O)N[C@H](C)c1cc(O)cc(-c2ccn(C)c2C(=O)O)c1. The molecule has 1 atom stereocenters. The van der Waals surface area contributed by atoms with E-state index in [2.05, 4.69) is 29.2 Å². The Morgan fingerprint density at radius 1 is 1.11 bits per heavy atom. The standard InChI is InChI=1S/C27H32N4O4/c1-16-6-7-20(31-14-21(15-31)29(3)4)13-24(16)26(33)28-17(2)18-10-19(12-22(32)11-18)23-8-9-30(5)25(23)27(34)35/h6-13,17,21,32H,14-15H2,1-5H3,(H,28,33)(H,34,35)/t17-/m1/s1. The Kier molecular flexibility index (Phi) is 6.58. The van der Waals surface area contributed by atoms with Crippen molar-refractivity contribution in [1.29, 1.82) is 0 Å². The zero-order chi connectivity index (χ0) is 25.4. The number of carboxylic acids is 1. The maximum atomic E-state index is 13.2. The van der Waals surface area contributed by atoms with E-state index in [0.717, 1.165) is 24.3 Å². The predicted octanol–water partition coefficient (Wildman–Crippen LogP) is 3.65. The molecule has 184 valence electrons. The van der Waals surface area contributed by atoms with Gasteiger partial charge in [0.1, 0.15) is 11.4 Å². The first-order valence-electron chi connectivity index (χ1n) is 11.6. The third-order valence-electron chi connectivity index (χ3n) is 6.80. The third kappa shape index (κ3) is 4.88. The highest BCUT2D eigenvalue weighted by molar-refractivity contribution is 5.97. The molecule has 1 aromatic heterocycles. The van der Waals surface area contributed by atoms with Crippen LogP contribution >= 0.6 is 0 Å². The summed E-state index contributed by atoms with van der Waals surface area (Å²) in [6.45, 7) is 5.61. The number of nitrogens with one attached hydrogen (secondary N) is 1. The number of carbonyl (C=O) groups is 2. The van der Waals surface area contributed by atoms with E-state index in [1.54, 1.807) is 31.4 Å². The number of hydrogen-bond acceptors (Lipinski definition) is 5. The van der Waals surface area contributed by atoms with Gasteiger partial charge in [0.25, 0.3) is 5.91 Å². The van der Waals surface area contributed by atoms with Gasteiger partial charge in [-0.25, -0.2) is 4.79 Å². The molecule has 1 saturated heterocycles. The minimum absolute atomic E-state index is 0.00481. The van der Waals surface area contributed by atoms with Gasteiger partial charge in [-0.2, -0.15) is 0 Å². The van der Waals surface area contributed by atoms with Gasteiger partial charge >= 0.3 is 5.97 Å². The van der Waals surface area contributed by atoms with Crippen molar-refractivity contribution in [3.8, 4) is 16.9 Å². The van der Waals surface area contributed by atoms with Gasteiger partial charge in [0, 0.05) is 49.2 Å². The van der Waals surface area contributed by atoms with E-state index >= 15 is 0 Å². The lowest BCUT2D eigenvalue weighted by Crippen LogP contribution is -2.57. The largest absolute Gasteiger partial charge is 0.508 e. The van der Waals surface area contributed by atoms with E-state index in [-0.39, 0.29) is 17.4 Å². The van der Waals surface area contributed by atoms with Gasteiger partial charge in [0.05, 0.1) is 6.04 Å². The molecule has 1 aliphatic rings. The van der Waals surface area contributed by atoms with Crippen molar-refractivity contribution in [2.45, 2.75) is 25.9 Å². The highest BCUT2D eigenvalue weighted by atomic mass is 16.4. The quantitative estimate of drug-likeness (QED) is 0.482. The number of phenols is 1. The second kappa shape index (κ2) is 9.46. The number of aromatic nitrogens is 1. The zero-order valence-electron chi connectivity index (χ0n) is 20.7. The van der Waals surface area contributed by atoms with Crippen molar-refractivity contribution in [1.82, 2.24) is 14.8 Å². The van der Waals surface area contributed by atoms with E-state index in [1.165, 1.54) is 10.6 Å². The monoisotopic (exact) mass is 476 g/mol. The van der Waals surface area contributed by atoms with Crippen LogP contribution in [-0.4, -0.2) is 64.8 Å². The molecule has 35 heavy (non-hydrogen) atoms. The minimum Gasteiger partial charge on any atom is -0.508 e. The maximum absolute atomic E-state index is 13.2. The number of carbonyl (C=O) groups excluding carboxylic acids is 1. The topological polar surface area (TPSA) is 98.0 Å². The first-order valence-corrected chi connectivity index (χ1v) is 11.6. The van der Waals surface area contributed by atoms with E-state index in [1.807, 2.05) is 32.0 Å². The number of likely N-dealkylation sites (N-methyl/N-ethyl adjacent to an activating group) is 1. The second-order valence-corrected chi connectivity index (χ2v) is 9.52. The molecule has 4 rings (SSSR count). The van der Waals surface area contributed by atoms with Crippen molar-refractivity contribution in [3.05, 3.63) is 71.0 Å². The highest BCUT2D eigenvalue weighted by Gasteiger charge is 2.29. The molecule has 8 nitrogen and oxygen atoms in total. The van der Waals surface area contributed by atoms with Crippen LogP contribution in [0, 0.1) is 6.92 Å². The molecular weight excluding hydrogens is 444 g/mol. The van der Waals surface area contributed by atoms with Crippen molar-refractivity contribution in [2.24, 2.45) is 7.05 Å². The number of carboxylic acid groups (broad SMARTS) is 1. The van der Waals surface area contributed by atoms with Crippen molar-refractivity contribution < 1.29 is 19.8 Å². The van der Waals surface area contributed by atoms with Gasteiger partial charge < -0.3 is 29.9 Å². The average Bonchev–Trinajstić information content (AvgIpc) is 3.14. The number of nitrogens with zero attached hydrogens (tertiary/aromatic N) is 3. The smallest absolute Gasteiger partial charge is 0.353 e. The summed E-state index contributed by atoms with van der Waals surface area (Å²) in [5, 5.41) is 23.0. The normalized spacial score (nSPS) is 14.6. The van der Waals surface area contributed by atoms with Crippen LogP contribution in [0.2, 0.25) is 0 Å². The first kappa shape index (κ1) is 24.3. The number of anilines is 1. The van der Waals surface area contributed by atoms with E-state index < -0.39 is 12.0 Å². The minimum atomic E-state index is -1.05. The van der Waals surface area contributed by atoms with Crippen LogP contribution in [-0.2, 0) is 7.05 Å². The highest BCUT2D eigenvalue weighted by Crippen LogP contribution is 2.31. The summed E-state index contributed by atoms with van der Waals surface area (Å²) in [7, 11) is 5.81. The van der Waals surface area contributed by atoms with Gasteiger partial charge in [-0.15, -0.1) is 0 Å². The number of benzene rings is 2. The Hall–Kier alpha value is -3.78. The van der Waals surface area contributed by atoms with Crippen molar-refractivity contribution in [2.75, 3.05) is 32.1 Å². The first-order chi connectivity index (χ1) is 16.5. The van der Waals surface area contributed by atoms with Crippen LogP contribution in [0.25, 0.3) is 11.1 Å². The molecule has 0 spiro atoms. The number of rotatable bonds is 7. The fraction of sp³-hybridized carbons (Fsp3) is 0.333. The molecule has 0 radical (unpaired) electrons. The van der Waals surface area contributed by atoms with Crippen LogP contribution in [0.3, 0.4) is 0 Å². The Balaban J connectivity index is 1.55. The Labute approximate surface area is 205 Å². The number of phenolic OH excluding ortho intramolecular Hbond substituents is 1. The molecule has 0 aliphatic carbocycles. The summed E-state index contributed by atoms with van der Waals surface area (Å²) in [6.07, 6.45) is 1.67. The lowest BCUT2D eigenvalue weighted by atomic mass is 9.98. The number of aromatic hydroxyl groups is 1. The van der Waals surface area contributed by atoms with E-state index in [0.29, 0.717) is 28.3 Å². The van der Waals surface area contributed by atoms with Gasteiger partial charge in [-0.3, -0.25) is 4.79 Å². The molecule has 1 amide bonds. The number of amides is 1. The fourth-order valence-electron chi connectivity index (χ4n) is 4.47. The Morgan fingerprint density at radius 2 is 1.83 bits per heavy atom. The molecule has 8 heteroatoms. The number of aromatic carboxylic acids is 1. The number of hydrogen-bond donors (Lipinski definition) is 3. The molecule has 0 unspecified atom stereocenters. The van der Waals surface area contributed by atoms with Crippen LogP contribution < -0.4 is 10.2 Å². The van der Waals surface area contributed by atoms with E-state index in [4.69, 9.17) is 0 Å². The summed E-state index contributed by atoms with van der Waals surface area (Å²) < 4.78 is 1.53. The Morgan fingerprint density at radius 3 is 2.49 bits per heavy atom. The maximum Gasteiger partial charge on any atom is 0.353 e. The van der Waals surface area contributed by atoms with Crippen molar-refractivity contribution in [3.63, 3.8) is 0 Å². The molecular formula is C27H32N4O4. The Bertz CT molecular complexity index is 1270. The number of aryl methyl sites for hydroxylation is 2.